The fourth-order valence-corrected chi connectivity index (χ4v) is 4.96. The number of nitrogens with one attached hydrogen (secondary N) is 1. The average molecular weight is 396 g/mol. The number of carbonyl (C=O) groups excluding carboxylic acids is 1. The van der Waals surface area contributed by atoms with Crippen molar-refractivity contribution >= 4 is 27.3 Å². The number of rotatable bonds is 4. The standard InChI is InChI=1S/C18H16N6O3S/c25-17-9-13-8-16(7-12-3-2-6-23(17)18(12)13)28(26,27)20-14-4-1-5-15(10-14)24-11-19-21-22-24/h1,4-5,7-8,10-11,20H,2-3,6,9H2. The van der Waals surface area contributed by atoms with E-state index in [-0.39, 0.29) is 17.2 Å². The molecule has 3 heterocycles. The first-order valence-electron chi connectivity index (χ1n) is 8.84. The molecule has 0 radical (unpaired) electrons. The highest BCUT2D eigenvalue weighted by Gasteiger charge is 2.33. The minimum Gasteiger partial charge on any atom is -0.312 e. The van der Waals surface area contributed by atoms with Gasteiger partial charge in [-0.2, -0.15) is 0 Å². The lowest BCUT2D eigenvalue weighted by atomic mass is 10.0. The molecular weight excluding hydrogens is 380 g/mol. The molecule has 28 heavy (non-hydrogen) atoms. The number of tetrazole rings is 1. The third-order valence-electron chi connectivity index (χ3n) is 5.00. The number of nitrogens with zero attached hydrogens (tertiary/aromatic N) is 5. The Morgan fingerprint density at radius 2 is 1.96 bits per heavy atom. The van der Waals surface area contributed by atoms with Crippen molar-refractivity contribution < 1.29 is 13.2 Å². The summed E-state index contributed by atoms with van der Waals surface area (Å²) in [5.41, 5.74) is 3.63. The highest BCUT2D eigenvalue weighted by molar-refractivity contribution is 7.92. The smallest absolute Gasteiger partial charge is 0.261 e. The van der Waals surface area contributed by atoms with E-state index in [9.17, 15) is 13.2 Å². The number of hydrogen-bond donors (Lipinski definition) is 1. The fraction of sp³-hybridized carbons (Fsp3) is 0.222. The van der Waals surface area contributed by atoms with Crippen LogP contribution in [0.5, 0.6) is 0 Å². The van der Waals surface area contributed by atoms with Crippen LogP contribution in [-0.2, 0) is 27.7 Å². The molecule has 142 valence electrons. The van der Waals surface area contributed by atoms with E-state index in [4.69, 9.17) is 0 Å². The minimum absolute atomic E-state index is 0.0348. The molecule has 0 saturated carbocycles. The molecule has 0 bridgehead atoms. The SMILES string of the molecule is O=C1Cc2cc(S(=O)(=O)Nc3cccc(-n4cnnn4)c3)cc3c2N1CCC3. The monoisotopic (exact) mass is 396 g/mol. The Labute approximate surface area is 161 Å². The van der Waals surface area contributed by atoms with Gasteiger partial charge in [0.2, 0.25) is 5.91 Å². The second-order valence-corrected chi connectivity index (χ2v) is 8.51. The van der Waals surface area contributed by atoms with Gasteiger partial charge < -0.3 is 4.90 Å². The third kappa shape index (κ3) is 2.73. The van der Waals surface area contributed by atoms with Crippen molar-refractivity contribution in [2.75, 3.05) is 16.2 Å². The molecule has 2 aliphatic heterocycles. The van der Waals surface area contributed by atoms with Crippen molar-refractivity contribution in [3.8, 4) is 5.69 Å². The Morgan fingerprint density at radius 3 is 2.79 bits per heavy atom. The Balaban J connectivity index is 1.50. The van der Waals surface area contributed by atoms with Gasteiger partial charge in [0.25, 0.3) is 10.0 Å². The largest absolute Gasteiger partial charge is 0.312 e. The predicted molar refractivity (Wildman–Crippen MR) is 101 cm³/mol. The molecule has 10 heteroatoms. The first-order valence-corrected chi connectivity index (χ1v) is 10.3. The van der Waals surface area contributed by atoms with E-state index in [2.05, 4.69) is 20.2 Å². The summed E-state index contributed by atoms with van der Waals surface area (Å²) >= 11 is 0. The van der Waals surface area contributed by atoms with E-state index >= 15 is 0 Å². The van der Waals surface area contributed by atoms with Crippen molar-refractivity contribution in [2.45, 2.75) is 24.2 Å². The number of anilines is 2. The van der Waals surface area contributed by atoms with Crippen LogP contribution in [0.1, 0.15) is 17.5 Å². The van der Waals surface area contributed by atoms with E-state index in [0.717, 1.165) is 29.7 Å². The van der Waals surface area contributed by atoms with Gasteiger partial charge in [-0.1, -0.05) is 6.07 Å². The van der Waals surface area contributed by atoms with Gasteiger partial charge in [0, 0.05) is 6.54 Å². The molecule has 2 aliphatic rings. The van der Waals surface area contributed by atoms with Crippen LogP contribution in [0.3, 0.4) is 0 Å². The zero-order valence-corrected chi connectivity index (χ0v) is 15.6. The van der Waals surface area contributed by atoms with E-state index in [1.807, 2.05) is 0 Å². The summed E-state index contributed by atoms with van der Waals surface area (Å²) in [6, 6.07) is 10.1. The molecular formula is C18H16N6O3S. The number of carbonyl (C=O) groups is 1. The van der Waals surface area contributed by atoms with Crippen LogP contribution >= 0.6 is 0 Å². The van der Waals surface area contributed by atoms with Crippen molar-refractivity contribution in [1.82, 2.24) is 20.2 Å². The number of amides is 1. The molecule has 0 spiro atoms. The van der Waals surface area contributed by atoms with Gasteiger partial charge in [-0.25, -0.2) is 13.1 Å². The van der Waals surface area contributed by atoms with E-state index in [1.165, 1.54) is 11.0 Å². The van der Waals surface area contributed by atoms with Crippen molar-refractivity contribution in [3.63, 3.8) is 0 Å². The van der Waals surface area contributed by atoms with Crippen molar-refractivity contribution in [2.24, 2.45) is 0 Å². The van der Waals surface area contributed by atoms with Gasteiger partial charge >= 0.3 is 0 Å². The maximum Gasteiger partial charge on any atom is 0.261 e. The molecule has 1 aromatic heterocycles. The molecule has 5 rings (SSSR count). The van der Waals surface area contributed by atoms with Gasteiger partial charge in [-0.05, 0) is 64.7 Å². The number of benzene rings is 2. The molecule has 2 aromatic carbocycles. The predicted octanol–water partition coefficient (Wildman–Crippen LogP) is 1.30. The zero-order chi connectivity index (χ0) is 19.3. The van der Waals surface area contributed by atoms with Crippen LogP contribution in [0.2, 0.25) is 0 Å². The summed E-state index contributed by atoms with van der Waals surface area (Å²) in [4.78, 5) is 14.1. The normalized spacial score (nSPS) is 15.6. The first kappa shape index (κ1) is 16.9. The highest BCUT2D eigenvalue weighted by atomic mass is 32.2. The summed E-state index contributed by atoms with van der Waals surface area (Å²) in [6.07, 6.45) is 3.29. The van der Waals surface area contributed by atoms with Crippen LogP contribution in [0.25, 0.3) is 5.69 Å². The Morgan fingerprint density at radius 1 is 1.11 bits per heavy atom. The van der Waals surface area contributed by atoms with Crippen LogP contribution in [0, 0.1) is 0 Å². The van der Waals surface area contributed by atoms with E-state index < -0.39 is 10.0 Å². The first-order chi connectivity index (χ1) is 13.5. The summed E-state index contributed by atoms with van der Waals surface area (Å²) in [6.45, 7) is 0.702. The van der Waals surface area contributed by atoms with Gasteiger partial charge in [-0.3, -0.25) is 9.52 Å². The Hall–Kier alpha value is -3.27. The minimum atomic E-state index is -3.80. The zero-order valence-electron chi connectivity index (χ0n) is 14.7. The lowest BCUT2D eigenvalue weighted by Crippen LogP contribution is -2.31. The molecule has 0 unspecified atom stereocenters. The van der Waals surface area contributed by atoms with Crippen LogP contribution in [0.4, 0.5) is 11.4 Å². The number of aryl methyl sites for hydroxylation is 1. The summed E-state index contributed by atoms with van der Waals surface area (Å²) in [7, 11) is -3.80. The molecule has 0 aliphatic carbocycles. The maximum atomic E-state index is 13.0. The Bertz CT molecular complexity index is 1190. The Kier molecular flexibility index (Phi) is 3.69. The van der Waals surface area contributed by atoms with Gasteiger partial charge in [0.1, 0.15) is 6.33 Å². The number of aromatic nitrogens is 4. The van der Waals surface area contributed by atoms with Gasteiger partial charge in [0.15, 0.2) is 0 Å². The van der Waals surface area contributed by atoms with Crippen LogP contribution < -0.4 is 9.62 Å². The maximum absolute atomic E-state index is 13.0. The molecule has 1 amide bonds. The summed E-state index contributed by atoms with van der Waals surface area (Å²) in [5, 5.41) is 11.0. The topological polar surface area (TPSA) is 110 Å². The van der Waals surface area contributed by atoms with Gasteiger partial charge in [-0.15, -0.1) is 5.10 Å². The molecule has 3 aromatic rings. The highest BCUT2D eigenvalue weighted by Crippen LogP contribution is 2.38. The molecule has 0 atom stereocenters. The molecule has 1 N–H and O–H groups in total. The molecule has 0 fully saturated rings. The fourth-order valence-electron chi connectivity index (χ4n) is 3.81. The second-order valence-electron chi connectivity index (χ2n) is 6.83. The third-order valence-corrected chi connectivity index (χ3v) is 6.36. The lowest BCUT2D eigenvalue weighted by molar-refractivity contribution is -0.117. The lowest BCUT2D eigenvalue weighted by Gasteiger charge is -2.26. The van der Waals surface area contributed by atoms with Gasteiger partial charge in [0.05, 0.1) is 28.4 Å². The molecule has 9 nitrogen and oxygen atoms in total. The second kappa shape index (κ2) is 6.13. The van der Waals surface area contributed by atoms with Crippen LogP contribution in [-0.4, -0.2) is 41.1 Å². The average Bonchev–Trinajstić information content (AvgIpc) is 3.32. The summed E-state index contributed by atoms with van der Waals surface area (Å²) < 4.78 is 30.0. The van der Waals surface area contributed by atoms with Crippen LogP contribution in [0.15, 0.2) is 47.6 Å². The van der Waals surface area contributed by atoms with Crippen molar-refractivity contribution in [1.29, 1.82) is 0 Å². The summed E-state index contributed by atoms with van der Waals surface area (Å²) in [5.74, 6) is 0.0348. The molecule has 0 saturated heterocycles. The van der Waals surface area contributed by atoms with E-state index in [0.29, 0.717) is 17.9 Å². The number of sulfonamides is 1. The number of hydrogen-bond acceptors (Lipinski definition) is 6. The van der Waals surface area contributed by atoms with E-state index in [1.54, 1.807) is 41.3 Å². The van der Waals surface area contributed by atoms with Crippen molar-refractivity contribution in [3.05, 3.63) is 53.9 Å². The quantitative estimate of drug-likeness (QED) is 0.712.